The van der Waals surface area contributed by atoms with Crippen LogP contribution < -0.4 is 0 Å². The fourth-order valence-electron chi connectivity index (χ4n) is 3.58. The van der Waals surface area contributed by atoms with Gasteiger partial charge in [-0.2, -0.15) is 0 Å². The molecule has 0 spiro atoms. The maximum absolute atomic E-state index is 9.70. The fourth-order valence-corrected chi connectivity index (χ4v) is 3.77. The van der Waals surface area contributed by atoms with Gasteiger partial charge >= 0.3 is 0 Å². The summed E-state index contributed by atoms with van der Waals surface area (Å²) in [6.07, 6.45) is 1.91. The predicted molar refractivity (Wildman–Crippen MR) is 82.0 cm³/mol. The van der Waals surface area contributed by atoms with Crippen molar-refractivity contribution < 1.29 is 19.3 Å². The van der Waals surface area contributed by atoms with Crippen LogP contribution in [0, 0.1) is 0 Å². The topological polar surface area (TPSA) is 78.6 Å². The maximum Gasteiger partial charge on any atom is 0.165 e. The van der Waals surface area contributed by atoms with E-state index in [1.165, 1.54) is 6.33 Å². The Kier molecular flexibility index (Phi) is 3.24. The van der Waals surface area contributed by atoms with Gasteiger partial charge in [0.25, 0.3) is 0 Å². The Labute approximate surface area is 138 Å². The van der Waals surface area contributed by atoms with Crippen molar-refractivity contribution in [3.05, 3.63) is 23.7 Å². The normalized spacial score (nSPS) is 35.8. The van der Waals surface area contributed by atoms with Gasteiger partial charge in [0.2, 0.25) is 0 Å². The minimum Gasteiger partial charge on any atom is -0.394 e. The van der Waals surface area contributed by atoms with E-state index in [1.807, 2.05) is 37.6 Å². The highest BCUT2D eigenvalue weighted by Crippen LogP contribution is 2.50. The molecule has 2 unspecified atom stereocenters. The van der Waals surface area contributed by atoms with Crippen molar-refractivity contribution in [1.82, 2.24) is 14.5 Å². The van der Waals surface area contributed by atoms with Gasteiger partial charge in [0, 0.05) is 6.20 Å². The molecule has 4 rings (SSSR count). The Hall–Kier alpha value is -1.25. The monoisotopic (exact) mass is 339 g/mol. The van der Waals surface area contributed by atoms with Crippen molar-refractivity contribution >= 4 is 22.6 Å². The number of aliphatic hydroxyl groups is 1. The third kappa shape index (κ3) is 2.11. The predicted octanol–water partition coefficient (Wildman–Crippen LogP) is 1.88. The highest BCUT2D eigenvalue weighted by atomic mass is 35.5. The average Bonchev–Trinajstić information content (AvgIpc) is 3.07. The molecule has 0 aliphatic carbocycles. The number of rotatable bonds is 2. The van der Waals surface area contributed by atoms with Gasteiger partial charge in [0.1, 0.15) is 34.9 Å². The first-order chi connectivity index (χ1) is 10.9. The zero-order chi connectivity index (χ0) is 16.4. The Morgan fingerprint density at radius 3 is 2.87 bits per heavy atom. The van der Waals surface area contributed by atoms with Crippen LogP contribution in [-0.2, 0) is 14.2 Å². The van der Waals surface area contributed by atoms with Crippen molar-refractivity contribution in [2.45, 2.75) is 50.6 Å². The van der Waals surface area contributed by atoms with E-state index in [4.69, 9.17) is 25.8 Å². The van der Waals surface area contributed by atoms with E-state index in [1.54, 1.807) is 0 Å². The molecule has 0 amide bonds. The summed E-state index contributed by atoms with van der Waals surface area (Å²) in [6, 6.07) is 1.84. The molecular formula is C15H18ClN3O4. The highest BCUT2D eigenvalue weighted by molar-refractivity contribution is 6.33. The van der Waals surface area contributed by atoms with Crippen LogP contribution in [0.15, 0.2) is 18.6 Å². The number of nitrogens with zero attached hydrogens (tertiary/aromatic N) is 3. The SMILES string of the molecule is CC1(C)O[C@H]2C(n3ccc4c(Cl)ncnc43)OC(CO)[C@@]2(C)O1. The molecule has 23 heavy (non-hydrogen) atoms. The largest absolute Gasteiger partial charge is 0.394 e. The average molecular weight is 340 g/mol. The van der Waals surface area contributed by atoms with E-state index in [9.17, 15) is 5.11 Å². The van der Waals surface area contributed by atoms with Gasteiger partial charge in [-0.15, -0.1) is 0 Å². The van der Waals surface area contributed by atoms with Crippen LogP contribution in [0.2, 0.25) is 5.15 Å². The van der Waals surface area contributed by atoms with E-state index in [2.05, 4.69) is 9.97 Å². The minimum atomic E-state index is -0.746. The lowest BCUT2D eigenvalue weighted by Crippen LogP contribution is -2.45. The summed E-state index contributed by atoms with van der Waals surface area (Å²) < 4.78 is 20.0. The van der Waals surface area contributed by atoms with Gasteiger partial charge in [-0.25, -0.2) is 9.97 Å². The molecule has 7 nitrogen and oxygen atoms in total. The smallest absolute Gasteiger partial charge is 0.165 e. The van der Waals surface area contributed by atoms with Crippen molar-refractivity contribution in [2.75, 3.05) is 6.61 Å². The lowest BCUT2D eigenvalue weighted by atomic mass is 9.95. The molecule has 2 aromatic rings. The van der Waals surface area contributed by atoms with Crippen LogP contribution in [0.5, 0.6) is 0 Å². The van der Waals surface area contributed by atoms with Gasteiger partial charge in [0.15, 0.2) is 12.0 Å². The number of ether oxygens (including phenoxy) is 3. The third-order valence-corrected chi connectivity index (χ3v) is 4.85. The quantitative estimate of drug-likeness (QED) is 0.842. The summed E-state index contributed by atoms with van der Waals surface area (Å²) in [5.74, 6) is -0.746. The van der Waals surface area contributed by atoms with Crippen LogP contribution in [-0.4, -0.2) is 49.8 Å². The number of aliphatic hydroxyl groups excluding tert-OH is 1. The van der Waals surface area contributed by atoms with Gasteiger partial charge in [-0.1, -0.05) is 11.6 Å². The van der Waals surface area contributed by atoms with Crippen molar-refractivity contribution in [1.29, 1.82) is 0 Å². The Morgan fingerprint density at radius 1 is 1.35 bits per heavy atom. The van der Waals surface area contributed by atoms with E-state index in [0.717, 1.165) is 5.39 Å². The molecule has 1 N–H and O–H groups in total. The van der Waals surface area contributed by atoms with Gasteiger partial charge < -0.3 is 23.9 Å². The van der Waals surface area contributed by atoms with E-state index < -0.39 is 23.7 Å². The number of aromatic nitrogens is 3. The molecule has 2 aliphatic rings. The lowest BCUT2D eigenvalue weighted by molar-refractivity contribution is -0.214. The maximum atomic E-state index is 9.70. The van der Waals surface area contributed by atoms with E-state index >= 15 is 0 Å². The number of fused-ring (bicyclic) bond motifs is 2. The van der Waals surface area contributed by atoms with Crippen LogP contribution in [0.1, 0.15) is 27.0 Å². The van der Waals surface area contributed by atoms with Crippen LogP contribution in [0.25, 0.3) is 11.0 Å². The third-order valence-electron chi connectivity index (χ3n) is 4.54. The Bertz CT molecular complexity index is 764. The molecular weight excluding hydrogens is 322 g/mol. The molecule has 2 aromatic heterocycles. The molecule has 2 saturated heterocycles. The number of hydrogen-bond acceptors (Lipinski definition) is 6. The summed E-state index contributed by atoms with van der Waals surface area (Å²) in [4.78, 5) is 8.29. The van der Waals surface area contributed by atoms with Gasteiger partial charge in [-0.3, -0.25) is 0 Å². The van der Waals surface area contributed by atoms with Crippen molar-refractivity contribution in [2.24, 2.45) is 0 Å². The van der Waals surface area contributed by atoms with Crippen molar-refractivity contribution in [3.63, 3.8) is 0 Å². The summed E-state index contributed by atoms with van der Waals surface area (Å²) in [5.41, 5.74) is -0.0830. The van der Waals surface area contributed by atoms with E-state index in [-0.39, 0.29) is 12.7 Å². The van der Waals surface area contributed by atoms with Crippen LogP contribution in [0.3, 0.4) is 0 Å². The zero-order valence-corrected chi connectivity index (χ0v) is 13.8. The molecule has 2 aliphatic heterocycles. The minimum absolute atomic E-state index is 0.155. The van der Waals surface area contributed by atoms with Gasteiger partial charge in [0.05, 0.1) is 12.0 Å². The van der Waals surface area contributed by atoms with E-state index in [0.29, 0.717) is 10.8 Å². The first-order valence-corrected chi connectivity index (χ1v) is 7.85. The summed E-state index contributed by atoms with van der Waals surface area (Å²) >= 11 is 6.12. The molecule has 124 valence electrons. The molecule has 4 atom stereocenters. The first kappa shape index (κ1) is 15.3. The molecule has 0 bridgehead atoms. The molecule has 8 heteroatoms. The summed E-state index contributed by atoms with van der Waals surface area (Å²) in [5, 5.41) is 10.8. The van der Waals surface area contributed by atoms with Crippen LogP contribution in [0.4, 0.5) is 0 Å². The second kappa shape index (κ2) is 4.87. The van der Waals surface area contributed by atoms with Crippen molar-refractivity contribution in [3.8, 4) is 0 Å². The number of halogens is 1. The lowest BCUT2D eigenvalue weighted by Gasteiger charge is -2.28. The first-order valence-electron chi connectivity index (χ1n) is 7.47. The fraction of sp³-hybridized carbons (Fsp3) is 0.600. The molecule has 2 fully saturated rings. The molecule has 0 radical (unpaired) electrons. The molecule has 0 saturated carbocycles. The molecule has 0 aromatic carbocycles. The Morgan fingerprint density at radius 2 is 2.13 bits per heavy atom. The highest BCUT2D eigenvalue weighted by Gasteiger charge is 2.63. The van der Waals surface area contributed by atoms with Crippen LogP contribution >= 0.6 is 11.6 Å². The Balaban J connectivity index is 1.81. The second-order valence-electron chi connectivity index (χ2n) is 6.55. The standard InChI is InChI=1S/C15H18ClN3O4/c1-14(2)22-10-13(21-9(6-20)15(10,3)23-14)19-5-4-8-11(16)17-7-18-12(8)19/h4-5,7,9-10,13,20H,6H2,1-3H3/t9?,10-,13?,15+/m0/s1. The van der Waals surface area contributed by atoms with Gasteiger partial charge in [-0.05, 0) is 26.8 Å². The molecule has 4 heterocycles. The zero-order valence-electron chi connectivity index (χ0n) is 13.1. The summed E-state index contributed by atoms with van der Waals surface area (Å²) in [6.45, 7) is 5.46. The number of hydrogen-bond donors (Lipinski definition) is 1. The summed E-state index contributed by atoms with van der Waals surface area (Å²) in [7, 11) is 0. The second-order valence-corrected chi connectivity index (χ2v) is 6.90.